The Morgan fingerprint density at radius 1 is 0.689 bits per heavy atom. The summed E-state index contributed by atoms with van der Waals surface area (Å²) in [4.78, 5) is 0. The van der Waals surface area contributed by atoms with Gasteiger partial charge in [-0.25, -0.2) is 0 Å². The smallest absolute Gasteiger partial charge is 0.402 e. The molecule has 0 heterocycles. The first-order chi connectivity index (χ1) is 21.4. The molecule has 2 nitrogen and oxygen atoms in total. The van der Waals surface area contributed by atoms with Gasteiger partial charge in [0.25, 0.3) is 0 Å². The van der Waals surface area contributed by atoms with E-state index < -0.39 is 31.2 Å². The van der Waals surface area contributed by atoms with E-state index in [9.17, 15) is 26.3 Å². The SMILES string of the molecule is CCC(C)c1ccc(OC(CCCC(C2CCCCC2)(C2CCCCC2)C2CCCCC2)OCC(C(F)(F)F)C(F)(F)F)cc1. The Morgan fingerprint density at radius 2 is 1.13 bits per heavy atom. The molecule has 8 heteroatoms. The molecule has 4 rings (SSSR count). The summed E-state index contributed by atoms with van der Waals surface area (Å²) in [5.41, 5.74) is 1.29. The molecule has 0 amide bonds. The van der Waals surface area contributed by atoms with Crippen LogP contribution in [-0.2, 0) is 4.74 Å². The zero-order chi connectivity index (χ0) is 32.5. The van der Waals surface area contributed by atoms with Gasteiger partial charge in [-0.3, -0.25) is 0 Å². The van der Waals surface area contributed by atoms with Crippen LogP contribution >= 0.6 is 0 Å². The Balaban J connectivity index is 1.56. The zero-order valence-corrected chi connectivity index (χ0v) is 27.5. The van der Waals surface area contributed by atoms with Crippen molar-refractivity contribution in [1.82, 2.24) is 0 Å². The van der Waals surface area contributed by atoms with Gasteiger partial charge >= 0.3 is 12.4 Å². The van der Waals surface area contributed by atoms with Crippen LogP contribution in [0.4, 0.5) is 26.3 Å². The first-order valence-electron chi connectivity index (χ1n) is 18.0. The predicted molar refractivity (Wildman–Crippen MR) is 167 cm³/mol. The van der Waals surface area contributed by atoms with Crippen LogP contribution in [0, 0.1) is 29.1 Å². The molecule has 0 aliphatic heterocycles. The van der Waals surface area contributed by atoms with Gasteiger partial charge in [0, 0.05) is 6.42 Å². The minimum absolute atomic E-state index is 0.185. The van der Waals surface area contributed by atoms with Crippen molar-refractivity contribution in [2.24, 2.45) is 29.1 Å². The lowest BCUT2D eigenvalue weighted by Crippen LogP contribution is -2.47. The summed E-state index contributed by atoms with van der Waals surface area (Å²) in [5, 5.41) is 0. The van der Waals surface area contributed by atoms with Gasteiger partial charge in [0.1, 0.15) is 5.75 Å². The zero-order valence-electron chi connectivity index (χ0n) is 27.5. The lowest BCUT2D eigenvalue weighted by molar-refractivity contribution is -0.301. The monoisotopic (exact) mass is 646 g/mol. The van der Waals surface area contributed by atoms with Crippen molar-refractivity contribution in [3.8, 4) is 5.75 Å². The first kappa shape index (κ1) is 36.4. The third-order valence-corrected chi connectivity index (χ3v) is 11.7. The Kier molecular flexibility index (Phi) is 13.4. The molecule has 0 bridgehead atoms. The standard InChI is InChI=1S/C37H56F6O2/c1-3-27(2)28-21-23-32(24-22-28)45-34(44-26-33(36(38,39)40)37(41,42)43)20-13-25-35(29-14-7-4-8-15-29,30-16-9-5-10-17-30)31-18-11-6-12-19-31/h21-24,27,29-31,33-34H,3-20,25-26H2,1-2H3. The van der Waals surface area contributed by atoms with Gasteiger partial charge in [0.05, 0.1) is 6.61 Å². The highest BCUT2D eigenvalue weighted by Gasteiger charge is 2.57. The Morgan fingerprint density at radius 3 is 1.53 bits per heavy atom. The molecule has 1 aromatic rings. The quantitative estimate of drug-likeness (QED) is 0.148. The van der Waals surface area contributed by atoms with E-state index in [0.29, 0.717) is 35.8 Å². The number of rotatable bonds is 14. The fraction of sp³-hybridized carbons (Fsp3) is 0.838. The second kappa shape index (κ2) is 16.6. The molecule has 0 N–H and O–H groups in total. The Bertz CT molecular complexity index is 913. The molecule has 0 spiro atoms. The van der Waals surface area contributed by atoms with E-state index in [2.05, 4.69) is 13.8 Å². The van der Waals surface area contributed by atoms with Crippen LogP contribution < -0.4 is 4.74 Å². The molecule has 2 atom stereocenters. The maximum Gasteiger partial charge on any atom is 0.402 e. The molecular weight excluding hydrogens is 590 g/mol. The summed E-state index contributed by atoms with van der Waals surface area (Å²) < 4.78 is 92.1. The maximum atomic E-state index is 13.4. The normalized spacial score (nSPS) is 21.6. The highest BCUT2D eigenvalue weighted by atomic mass is 19.4. The van der Waals surface area contributed by atoms with E-state index in [4.69, 9.17) is 9.47 Å². The van der Waals surface area contributed by atoms with Crippen molar-refractivity contribution in [2.75, 3.05) is 6.61 Å². The lowest BCUT2D eigenvalue weighted by atomic mass is 9.50. The predicted octanol–water partition coefficient (Wildman–Crippen LogP) is 12.6. The average Bonchev–Trinajstić information content (AvgIpc) is 3.03. The van der Waals surface area contributed by atoms with E-state index in [-0.39, 0.29) is 11.8 Å². The Labute approximate surface area is 267 Å². The van der Waals surface area contributed by atoms with Crippen LogP contribution in [0.5, 0.6) is 5.75 Å². The van der Waals surface area contributed by atoms with Gasteiger partial charge in [-0.2, -0.15) is 26.3 Å². The molecule has 2 unspecified atom stereocenters. The minimum atomic E-state index is -5.45. The summed E-state index contributed by atoms with van der Waals surface area (Å²) in [6.07, 6.45) is 9.56. The summed E-state index contributed by atoms with van der Waals surface area (Å²) in [5.74, 6) is -0.879. The van der Waals surface area contributed by atoms with Crippen LogP contribution in [0.2, 0.25) is 0 Å². The van der Waals surface area contributed by atoms with Crippen LogP contribution in [0.3, 0.4) is 0 Å². The van der Waals surface area contributed by atoms with Gasteiger partial charge in [-0.1, -0.05) is 83.8 Å². The van der Waals surface area contributed by atoms with Crippen molar-refractivity contribution in [1.29, 1.82) is 0 Å². The molecule has 0 radical (unpaired) electrons. The maximum absolute atomic E-state index is 13.4. The third kappa shape index (κ3) is 9.79. The van der Waals surface area contributed by atoms with Crippen LogP contribution in [0.1, 0.15) is 147 Å². The average molecular weight is 647 g/mol. The second-order valence-electron chi connectivity index (χ2n) is 14.4. The van der Waals surface area contributed by atoms with Gasteiger partial charge in [0.2, 0.25) is 0 Å². The highest BCUT2D eigenvalue weighted by molar-refractivity contribution is 5.29. The van der Waals surface area contributed by atoms with E-state index in [1.807, 2.05) is 12.1 Å². The highest BCUT2D eigenvalue weighted by Crippen LogP contribution is 2.59. The number of halogens is 6. The molecule has 3 aliphatic carbocycles. The van der Waals surface area contributed by atoms with Gasteiger partial charge in [-0.05, 0) is 105 Å². The molecule has 0 aromatic heterocycles. The van der Waals surface area contributed by atoms with Crippen LogP contribution in [0.15, 0.2) is 24.3 Å². The summed E-state index contributed by atoms with van der Waals surface area (Å²) >= 11 is 0. The number of alkyl halides is 6. The molecular formula is C37H56F6O2. The van der Waals surface area contributed by atoms with Gasteiger partial charge in [0.15, 0.2) is 12.2 Å². The largest absolute Gasteiger partial charge is 0.465 e. The minimum Gasteiger partial charge on any atom is -0.465 e. The fourth-order valence-corrected chi connectivity index (χ4v) is 9.12. The van der Waals surface area contributed by atoms with E-state index in [1.54, 1.807) is 12.1 Å². The molecule has 0 saturated heterocycles. The third-order valence-electron chi connectivity index (χ3n) is 11.7. The molecule has 1 aromatic carbocycles. The molecule has 3 fully saturated rings. The first-order valence-corrected chi connectivity index (χ1v) is 18.0. The van der Waals surface area contributed by atoms with Crippen molar-refractivity contribution in [2.45, 2.75) is 160 Å². The number of benzene rings is 1. The van der Waals surface area contributed by atoms with Gasteiger partial charge in [-0.15, -0.1) is 0 Å². The molecule has 3 aliphatic rings. The van der Waals surface area contributed by atoms with E-state index in [0.717, 1.165) is 18.4 Å². The Hall–Kier alpha value is -1.44. The van der Waals surface area contributed by atoms with Crippen molar-refractivity contribution in [3.63, 3.8) is 0 Å². The fourth-order valence-electron chi connectivity index (χ4n) is 9.12. The second-order valence-corrected chi connectivity index (χ2v) is 14.4. The van der Waals surface area contributed by atoms with Gasteiger partial charge < -0.3 is 9.47 Å². The van der Waals surface area contributed by atoms with Crippen molar-refractivity contribution < 1.29 is 35.8 Å². The molecule has 3 saturated carbocycles. The summed E-state index contributed by atoms with van der Waals surface area (Å²) in [6, 6.07) is 7.32. The van der Waals surface area contributed by atoms with E-state index >= 15 is 0 Å². The topological polar surface area (TPSA) is 18.5 Å². The van der Waals surface area contributed by atoms with Crippen molar-refractivity contribution >= 4 is 0 Å². The number of hydrogen-bond acceptors (Lipinski definition) is 2. The molecule has 45 heavy (non-hydrogen) atoms. The summed E-state index contributed by atoms with van der Waals surface area (Å²) in [7, 11) is 0. The lowest BCUT2D eigenvalue weighted by Gasteiger charge is -2.55. The van der Waals surface area contributed by atoms with Crippen LogP contribution in [-0.4, -0.2) is 25.2 Å². The summed E-state index contributed by atoms with van der Waals surface area (Å²) in [6.45, 7) is 2.69. The number of hydrogen-bond donors (Lipinski definition) is 0. The van der Waals surface area contributed by atoms with Crippen molar-refractivity contribution in [3.05, 3.63) is 29.8 Å². The number of ether oxygens (including phenoxy) is 2. The van der Waals surface area contributed by atoms with Crippen LogP contribution in [0.25, 0.3) is 0 Å². The van der Waals surface area contributed by atoms with E-state index in [1.165, 1.54) is 96.3 Å². The molecule has 258 valence electrons.